The highest BCUT2D eigenvalue weighted by molar-refractivity contribution is 7.16. The lowest BCUT2D eigenvalue weighted by molar-refractivity contribution is 1.10. The molecule has 20 heavy (non-hydrogen) atoms. The Morgan fingerprint density at radius 3 is 2.65 bits per heavy atom. The second kappa shape index (κ2) is 5.73. The molecule has 0 fully saturated rings. The van der Waals surface area contributed by atoms with Crippen molar-refractivity contribution in [3.05, 3.63) is 52.0 Å². The van der Waals surface area contributed by atoms with Crippen LogP contribution in [0.3, 0.4) is 0 Å². The maximum absolute atomic E-state index is 4.68. The van der Waals surface area contributed by atoms with Gasteiger partial charge in [-0.25, -0.2) is 9.97 Å². The second-order valence-corrected chi connectivity index (χ2v) is 6.41. The monoisotopic (exact) mass is 301 g/mol. The molecule has 0 bridgehead atoms. The molecule has 0 aliphatic heterocycles. The summed E-state index contributed by atoms with van der Waals surface area (Å²) in [5.41, 5.74) is 3.38. The van der Waals surface area contributed by atoms with Crippen molar-refractivity contribution >= 4 is 27.8 Å². The molecule has 2 heterocycles. The van der Waals surface area contributed by atoms with Crippen molar-refractivity contribution in [2.75, 3.05) is 12.4 Å². The predicted molar refractivity (Wildman–Crippen MR) is 86.8 cm³/mol. The average Bonchev–Trinajstić information content (AvgIpc) is 3.06. The third kappa shape index (κ3) is 2.73. The standard InChI is InChI=1S/C15H15N3S2/c1-10-14(12-9-19-15(16-2)18-12)20-13(17-10)8-11-6-4-3-5-7-11/h3-7,9H,8H2,1-2H3,(H,16,18). The number of aryl methyl sites for hydroxylation is 1. The number of rotatable bonds is 4. The Morgan fingerprint density at radius 1 is 1.15 bits per heavy atom. The summed E-state index contributed by atoms with van der Waals surface area (Å²) >= 11 is 3.36. The number of benzene rings is 1. The third-order valence-electron chi connectivity index (χ3n) is 2.99. The summed E-state index contributed by atoms with van der Waals surface area (Å²) in [7, 11) is 1.89. The van der Waals surface area contributed by atoms with E-state index < -0.39 is 0 Å². The summed E-state index contributed by atoms with van der Waals surface area (Å²) in [6, 6.07) is 10.4. The van der Waals surface area contributed by atoms with Crippen LogP contribution in [-0.4, -0.2) is 17.0 Å². The summed E-state index contributed by atoms with van der Waals surface area (Å²) in [4.78, 5) is 10.4. The van der Waals surface area contributed by atoms with Crippen molar-refractivity contribution in [3.8, 4) is 10.6 Å². The first-order valence-electron chi connectivity index (χ1n) is 6.40. The Bertz CT molecular complexity index is 701. The van der Waals surface area contributed by atoms with Gasteiger partial charge in [-0.1, -0.05) is 30.3 Å². The predicted octanol–water partition coefficient (Wildman–Crippen LogP) is 4.21. The smallest absolute Gasteiger partial charge is 0.182 e. The van der Waals surface area contributed by atoms with E-state index in [0.717, 1.165) is 27.9 Å². The van der Waals surface area contributed by atoms with Gasteiger partial charge < -0.3 is 5.32 Å². The first kappa shape index (κ1) is 13.3. The first-order valence-corrected chi connectivity index (χ1v) is 8.10. The number of hydrogen-bond acceptors (Lipinski definition) is 5. The molecule has 0 spiro atoms. The number of anilines is 1. The van der Waals surface area contributed by atoms with Crippen LogP contribution in [0.15, 0.2) is 35.7 Å². The van der Waals surface area contributed by atoms with Crippen LogP contribution in [-0.2, 0) is 6.42 Å². The van der Waals surface area contributed by atoms with Gasteiger partial charge in [0.1, 0.15) is 0 Å². The van der Waals surface area contributed by atoms with Gasteiger partial charge in [-0.2, -0.15) is 0 Å². The van der Waals surface area contributed by atoms with Gasteiger partial charge in [0, 0.05) is 18.8 Å². The summed E-state index contributed by atoms with van der Waals surface area (Å²) in [5.74, 6) is 0. The van der Waals surface area contributed by atoms with Crippen molar-refractivity contribution in [2.45, 2.75) is 13.3 Å². The summed E-state index contributed by atoms with van der Waals surface area (Å²) in [5, 5.41) is 7.24. The lowest BCUT2D eigenvalue weighted by Gasteiger charge is -1.95. The number of thiazole rings is 2. The van der Waals surface area contributed by atoms with Crippen LogP contribution in [0.1, 0.15) is 16.3 Å². The van der Waals surface area contributed by atoms with Gasteiger partial charge in [-0.15, -0.1) is 22.7 Å². The molecule has 0 atom stereocenters. The molecule has 0 aliphatic rings. The zero-order valence-electron chi connectivity index (χ0n) is 11.4. The lowest BCUT2D eigenvalue weighted by Crippen LogP contribution is -1.86. The Balaban J connectivity index is 1.87. The number of hydrogen-bond donors (Lipinski definition) is 1. The summed E-state index contributed by atoms with van der Waals surface area (Å²) in [6.07, 6.45) is 0.884. The Hall–Kier alpha value is -1.72. The molecule has 0 radical (unpaired) electrons. The number of nitrogens with zero attached hydrogens (tertiary/aromatic N) is 2. The second-order valence-electron chi connectivity index (χ2n) is 4.47. The Kier molecular flexibility index (Phi) is 3.80. The lowest BCUT2D eigenvalue weighted by atomic mass is 10.2. The number of aromatic nitrogens is 2. The maximum atomic E-state index is 4.68. The van der Waals surface area contributed by atoms with Crippen molar-refractivity contribution in [3.63, 3.8) is 0 Å². The van der Waals surface area contributed by atoms with E-state index in [1.807, 2.05) is 13.1 Å². The molecule has 0 saturated carbocycles. The van der Waals surface area contributed by atoms with Gasteiger partial charge in [0.25, 0.3) is 0 Å². The third-order valence-corrected chi connectivity index (χ3v) is 5.03. The van der Waals surface area contributed by atoms with Crippen LogP contribution in [0.2, 0.25) is 0 Å². The van der Waals surface area contributed by atoms with E-state index in [1.54, 1.807) is 22.7 Å². The van der Waals surface area contributed by atoms with E-state index in [2.05, 4.69) is 51.9 Å². The average molecular weight is 301 g/mol. The van der Waals surface area contributed by atoms with Crippen LogP contribution in [0.25, 0.3) is 10.6 Å². The van der Waals surface area contributed by atoms with E-state index in [4.69, 9.17) is 0 Å². The molecular weight excluding hydrogens is 286 g/mol. The normalized spacial score (nSPS) is 10.7. The van der Waals surface area contributed by atoms with E-state index in [-0.39, 0.29) is 0 Å². The zero-order chi connectivity index (χ0) is 13.9. The summed E-state index contributed by atoms with van der Waals surface area (Å²) in [6.45, 7) is 2.05. The van der Waals surface area contributed by atoms with Crippen LogP contribution < -0.4 is 5.32 Å². The van der Waals surface area contributed by atoms with Gasteiger partial charge in [0.05, 0.1) is 21.3 Å². The highest BCUT2D eigenvalue weighted by Crippen LogP contribution is 2.32. The van der Waals surface area contributed by atoms with Crippen LogP contribution in [0.5, 0.6) is 0 Å². The molecule has 3 aromatic rings. The van der Waals surface area contributed by atoms with Crippen molar-refractivity contribution in [1.29, 1.82) is 0 Å². The van der Waals surface area contributed by atoms with E-state index in [9.17, 15) is 0 Å². The van der Waals surface area contributed by atoms with Gasteiger partial charge >= 0.3 is 0 Å². The van der Waals surface area contributed by atoms with Crippen LogP contribution in [0, 0.1) is 6.92 Å². The topological polar surface area (TPSA) is 37.8 Å². The molecule has 5 heteroatoms. The van der Waals surface area contributed by atoms with Gasteiger partial charge in [0.15, 0.2) is 5.13 Å². The van der Waals surface area contributed by atoms with Gasteiger partial charge in [-0.3, -0.25) is 0 Å². The molecule has 2 aromatic heterocycles. The zero-order valence-corrected chi connectivity index (χ0v) is 13.0. The largest absolute Gasteiger partial charge is 0.365 e. The van der Waals surface area contributed by atoms with Crippen molar-refractivity contribution in [1.82, 2.24) is 9.97 Å². The van der Waals surface area contributed by atoms with Crippen molar-refractivity contribution < 1.29 is 0 Å². The molecule has 102 valence electrons. The van der Waals surface area contributed by atoms with Crippen LogP contribution >= 0.6 is 22.7 Å². The molecule has 0 saturated heterocycles. The molecular formula is C15H15N3S2. The van der Waals surface area contributed by atoms with Crippen LogP contribution in [0.4, 0.5) is 5.13 Å². The quantitative estimate of drug-likeness (QED) is 0.784. The highest BCUT2D eigenvalue weighted by Gasteiger charge is 2.13. The number of nitrogens with one attached hydrogen (secondary N) is 1. The van der Waals surface area contributed by atoms with E-state index in [0.29, 0.717) is 0 Å². The molecule has 1 N–H and O–H groups in total. The minimum atomic E-state index is 0.884. The molecule has 0 aliphatic carbocycles. The highest BCUT2D eigenvalue weighted by atomic mass is 32.1. The van der Waals surface area contributed by atoms with Gasteiger partial charge in [0.2, 0.25) is 0 Å². The van der Waals surface area contributed by atoms with Crippen molar-refractivity contribution in [2.24, 2.45) is 0 Å². The van der Waals surface area contributed by atoms with E-state index in [1.165, 1.54) is 10.4 Å². The summed E-state index contributed by atoms with van der Waals surface area (Å²) < 4.78 is 0. The minimum absolute atomic E-state index is 0.884. The minimum Gasteiger partial charge on any atom is -0.365 e. The molecule has 1 aromatic carbocycles. The molecule has 0 amide bonds. The molecule has 3 nitrogen and oxygen atoms in total. The van der Waals surface area contributed by atoms with Gasteiger partial charge in [-0.05, 0) is 12.5 Å². The Morgan fingerprint density at radius 2 is 1.95 bits per heavy atom. The fourth-order valence-electron chi connectivity index (χ4n) is 2.03. The SMILES string of the molecule is CNc1nc(-c2sc(Cc3ccccc3)nc2C)cs1. The first-order chi connectivity index (χ1) is 9.76. The van der Waals surface area contributed by atoms with E-state index >= 15 is 0 Å². The molecule has 0 unspecified atom stereocenters. The fraction of sp³-hybridized carbons (Fsp3) is 0.200. The Labute approximate surface area is 126 Å². The molecule has 3 rings (SSSR count). The maximum Gasteiger partial charge on any atom is 0.182 e. The fourth-order valence-corrected chi connectivity index (χ4v) is 3.83.